The Morgan fingerprint density at radius 2 is 2.04 bits per heavy atom. The molecule has 2 heterocycles. The van der Waals surface area contributed by atoms with E-state index in [4.69, 9.17) is 5.26 Å². The summed E-state index contributed by atoms with van der Waals surface area (Å²) in [5.74, 6) is 0.291. The molecule has 0 atom stereocenters. The number of aromatic amines is 1. The van der Waals surface area contributed by atoms with Gasteiger partial charge in [0.25, 0.3) is 5.56 Å². The lowest BCUT2D eigenvalue weighted by Gasteiger charge is -2.03. The van der Waals surface area contributed by atoms with Gasteiger partial charge in [0.2, 0.25) is 5.91 Å². The fourth-order valence-corrected chi connectivity index (χ4v) is 2.67. The van der Waals surface area contributed by atoms with Crippen molar-refractivity contribution in [2.24, 2.45) is 0 Å². The molecule has 0 saturated carbocycles. The summed E-state index contributed by atoms with van der Waals surface area (Å²) < 4.78 is 3.94. The lowest BCUT2D eigenvalue weighted by Crippen LogP contribution is -2.17. The van der Waals surface area contributed by atoms with Crippen LogP contribution in [0.1, 0.15) is 12.5 Å². The maximum Gasteiger partial charge on any atom is 0.280 e. The van der Waals surface area contributed by atoms with Gasteiger partial charge in [0.1, 0.15) is 0 Å². The predicted molar refractivity (Wildman–Crippen MR) is 94.0 cm³/mol. The molecule has 0 spiro atoms. The number of nitriles is 1. The summed E-state index contributed by atoms with van der Waals surface area (Å²) in [7, 11) is 0. The SMILES string of the molecule is CC(=O)NSc1ccc(-n2[nH]cc(-c3ccc(C#N)cc3)c2=O)nc1. The van der Waals surface area contributed by atoms with Crippen molar-refractivity contribution in [1.29, 1.82) is 5.26 Å². The van der Waals surface area contributed by atoms with E-state index in [0.717, 1.165) is 22.4 Å². The number of hydrogen-bond donors (Lipinski definition) is 2. The molecule has 0 unspecified atom stereocenters. The first-order valence-corrected chi connectivity index (χ1v) is 8.11. The first kappa shape index (κ1) is 16.5. The summed E-state index contributed by atoms with van der Waals surface area (Å²) in [5.41, 5.74) is 1.51. The molecule has 0 aliphatic carbocycles. The summed E-state index contributed by atoms with van der Waals surface area (Å²) in [6.07, 6.45) is 3.18. The Kier molecular flexibility index (Phi) is 4.68. The number of amides is 1. The van der Waals surface area contributed by atoms with Crippen molar-refractivity contribution in [3.05, 3.63) is 64.7 Å². The molecular weight excluding hydrogens is 338 g/mol. The second kappa shape index (κ2) is 7.07. The van der Waals surface area contributed by atoms with Crippen LogP contribution in [0.4, 0.5) is 0 Å². The monoisotopic (exact) mass is 351 g/mol. The van der Waals surface area contributed by atoms with Gasteiger partial charge < -0.3 is 0 Å². The third kappa shape index (κ3) is 3.62. The van der Waals surface area contributed by atoms with E-state index in [1.165, 1.54) is 11.6 Å². The number of rotatable bonds is 4. The molecule has 2 N–H and O–H groups in total. The number of nitrogens with zero attached hydrogens (tertiary/aromatic N) is 3. The van der Waals surface area contributed by atoms with Gasteiger partial charge in [-0.05, 0) is 41.8 Å². The van der Waals surface area contributed by atoms with Crippen molar-refractivity contribution in [3.63, 3.8) is 0 Å². The highest BCUT2D eigenvalue weighted by atomic mass is 32.2. The molecule has 0 saturated heterocycles. The van der Waals surface area contributed by atoms with Crippen LogP contribution >= 0.6 is 11.9 Å². The van der Waals surface area contributed by atoms with E-state index < -0.39 is 0 Å². The Hall–Kier alpha value is -3.31. The van der Waals surface area contributed by atoms with Gasteiger partial charge in [-0.1, -0.05) is 12.1 Å². The van der Waals surface area contributed by atoms with Crippen LogP contribution < -0.4 is 10.3 Å². The van der Waals surface area contributed by atoms with Crippen molar-refractivity contribution in [3.8, 4) is 23.0 Å². The number of H-pyrrole nitrogens is 1. The molecule has 1 amide bonds. The average Bonchev–Trinajstić information content (AvgIpc) is 3.02. The van der Waals surface area contributed by atoms with E-state index in [1.54, 1.807) is 48.8 Å². The summed E-state index contributed by atoms with van der Waals surface area (Å²) in [4.78, 5) is 28.5. The van der Waals surface area contributed by atoms with E-state index in [0.29, 0.717) is 16.9 Å². The molecule has 0 fully saturated rings. The van der Waals surface area contributed by atoms with Gasteiger partial charge in [0, 0.05) is 24.2 Å². The molecule has 8 heteroatoms. The topological polar surface area (TPSA) is 104 Å². The summed E-state index contributed by atoms with van der Waals surface area (Å²) in [6.45, 7) is 1.43. The Bertz CT molecular complexity index is 997. The van der Waals surface area contributed by atoms with Crippen LogP contribution in [0.15, 0.2) is 58.5 Å². The van der Waals surface area contributed by atoms with E-state index in [9.17, 15) is 9.59 Å². The van der Waals surface area contributed by atoms with E-state index in [2.05, 4.69) is 14.8 Å². The Balaban J connectivity index is 1.86. The first-order valence-electron chi connectivity index (χ1n) is 7.29. The second-order valence-corrected chi connectivity index (χ2v) is 6.01. The molecule has 1 aromatic carbocycles. The molecule has 0 aliphatic heterocycles. The molecule has 0 bridgehead atoms. The first-order chi connectivity index (χ1) is 12.1. The minimum absolute atomic E-state index is 0.151. The molecule has 3 rings (SSSR count). The molecule has 3 aromatic rings. The predicted octanol–water partition coefficient (Wildman–Crippen LogP) is 2.24. The summed E-state index contributed by atoms with van der Waals surface area (Å²) >= 11 is 1.16. The fraction of sp³-hybridized carbons (Fsp3) is 0.0588. The van der Waals surface area contributed by atoms with E-state index in [-0.39, 0.29) is 11.5 Å². The third-order valence-electron chi connectivity index (χ3n) is 3.36. The Labute approximate surface area is 147 Å². The van der Waals surface area contributed by atoms with Crippen molar-refractivity contribution >= 4 is 17.9 Å². The highest BCUT2D eigenvalue weighted by molar-refractivity contribution is 7.98. The summed E-state index contributed by atoms with van der Waals surface area (Å²) in [5, 5.41) is 11.7. The van der Waals surface area contributed by atoms with Crippen LogP contribution in [0.2, 0.25) is 0 Å². The maximum atomic E-state index is 12.6. The number of carbonyl (C=O) groups excluding carboxylic acids is 1. The van der Waals surface area contributed by atoms with Crippen molar-refractivity contribution in [2.45, 2.75) is 11.8 Å². The van der Waals surface area contributed by atoms with Crippen LogP contribution in [-0.4, -0.2) is 20.7 Å². The average molecular weight is 351 g/mol. The number of benzene rings is 1. The highest BCUT2D eigenvalue weighted by Crippen LogP contribution is 2.17. The van der Waals surface area contributed by atoms with Crippen molar-refractivity contribution in [2.75, 3.05) is 0 Å². The minimum Gasteiger partial charge on any atom is -0.296 e. The van der Waals surface area contributed by atoms with Gasteiger partial charge in [0.05, 0.1) is 17.2 Å². The van der Waals surface area contributed by atoms with Crippen LogP contribution in [0.5, 0.6) is 0 Å². The van der Waals surface area contributed by atoms with Crippen LogP contribution in [-0.2, 0) is 4.79 Å². The second-order valence-electron chi connectivity index (χ2n) is 5.13. The zero-order valence-corrected chi connectivity index (χ0v) is 14.0. The third-order valence-corrected chi connectivity index (χ3v) is 4.23. The zero-order chi connectivity index (χ0) is 17.8. The number of hydrogen-bond acceptors (Lipinski definition) is 5. The standard InChI is InChI=1S/C17H13N5O2S/c1-11(23)21-25-14-6-7-16(19-9-14)22-17(24)15(10-20-22)13-4-2-12(8-18)3-5-13/h2-7,9-10,20H,1H3,(H,21,23). The number of nitrogens with one attached hydrogen (secondary N) is 2. The number of pyridine rings is 1. The number of carbonyl (C=O) groups is 1. The molecule has 0 aliphatic rings. The Morgan fingerprint density at radius 1 is 1.28 bits per heavy atom. The van der Waals surface area contributed by atoms with Gasteiger partial charge in [-0.3, -0.25) is 19.4 Å². The highest BCUT2D eigenvalue weighted by Gasteiger charge is 2.11. The molecule has 2 aromatic heterocycles. The van der Waals surface area contributed by atoms with Gasteiger partial charge in [0.15, 0.2) is 5.82 Å². The van der Waals surface area contributed by atoms with Gasteiger partial charge in [-0.2, -0.15) is 5.26 Å². The largest absolute Gasteiger partial charge is 0.296 e. The van der Waals surface area contributed by atoms with E-state index in [1.807, 2.05) is 6.07 Å². The molecular formula is C17H13N5O2S. The fourth-order valence-electron chi connectivity index (χ4n) is 2.17. The lowest BCUT2D eigenvalue weighted by molar-refractivity contribution is -0.117. The van der Waals surface area contributed by atoms with Gasteiger partial charge >= 0.3 is 0 Å². The van der Waals surface area contributed by atoms with Crippen LogP contribution in [0.25, 0.3) is 16.9 Å². The zero-order valence-electron chi connectivity index (χ0n) is 13.2. The lowest BCUT2D eigenvalue weighted by atomic mass is 10.1. The number of aromatic nitrogens is 3. The van der Waals surface area contributed by atoms with Gasteiger partial charge in [-0.15, -0.1) is 0 Å². The summed E-state index contributed by atoms with van der Waals surface area (Å²) in [6, 6.07) is 12.3. The van der Waals surface area contributed by atoms with Crippen molar-refractivity contribution < 1.29 is 4.79 Å². The van der Waals surface area contributed by atoms with Gasteiger partial charge in [-0.25, -0.2) is 9.67 Å². The van der Waals surface area contributed by atoms with Crippen LogP contribution in [0.3, 0.4) is 0 Å². The maximum absolute atomic E-state index is 12.6. The van der Waals surface area contributed by atoms with E-state index >= 15 is 0 Å². The molecule has 7 nitrogen and oxygen atoms in total. The van der Waals surface area contributed by atoms with Crippen LogP contribution in [0, 0.1) is 11.3 Å². The van der Waals surface area contributed by atoms with Crippen molar-refractivity contribution in [1.82, 2.24) is 19.5 Å². The normalized spacial score (nSPS) is 10.2. The minimum atomic E-state index is -0.237. The smallest absolute Gasteiger partial charge is 0.280 e. The molecule has 124 valence electrons. The molecule has 25 heavy (non-hydrogen) atoms. The quantitative estimate of drug-likeness (QED) is 0.702. The Morgan fingerprint density at radius 3 is 2.64 bits per heavy atom. The molecule has 0 radical (unpaired) electrons.